The van der Waals surface area contributed by atoms with Gasteiger partial charge in [0.1, 0.15) is 23.3 Å². The molecule has 5 nitrogen and oxygen atoms in total. The van der Waals surface area contributed by atoms with Gasteiger partial charge in [0, 0.05) is 53.8 Å². The quantitative estimate of drug-likeness (QED) is 0.0464. The number of nitriles is 1. The van der Waals surface area contributed by atoms with E-state index in [0.29, 0.717) is 0 Å². The predicted molar refractivity (Wildman–Crippen MR) is 295 cm³/mol. The van der Waals surface area contributed by atoms with Crippen LogP contribution in [0.1, 0.15) is 95.3 Å². The van der Waals surface area contributed by atoms with Gasteiger partial charge in [-0.3, -0.25) is 0 Å². The van der Waals surface area contributed by atoms with Gasteiger partial charge in [-0.1, -0.05) is 143 Å². The third-order valence-electron chi connectivity index (χ3n) is 13.7. The molecule has 1 N–H and O–H groups in total. The van der Waals surface area contributed by atoms with Crippen LogP contribution in [0.25, 0.3) is 21.5 Å². The van der Waals surface area contributed by atoms with Crippen molar-refractivity contribution in [2.24, 2.45) is 5.92 Å². The Morgan fingerprint density at radius 1 is 0.662 bits per heavy atom. The van der Waals surface area contributed by atoms with E-state index in [9.17, 15) is 23.9 Å². The molecular weight excluding hydrogens is 921 g/mol. The van der Waals surface area contributed by atoms with E-state index in [-0.39, 0.29) is 33.6 Å². The average molecular weight is 980 g/mol. The highest BCUT2D eigenvalue weighted by Gasteiger charge is 2.36. The minimum atomic E-state index is -1.19. The van der Waals surface area contributed by atoms with Crippen LogP contribution in [0, 0.1) is 28.9 Å². The van der Waals surface area contributed by atoms with Gasteiger partial charge in [0.2, 0.25) is 0 Å². The van der Waals surface area contributed by atoms with Crippen molar-refractivity contribution in [2.45, 2.75) is 95.0 Å². The lowest BCUT2D eigenvalue weighted by atomic mass is 9.94. The maximum atomic E-state index is 14.9. The van der Waals surface area contributed by atoms with Crippen LogP contribution in [0.2, 0.25) is 0 Å². The normalized spacial score (nSPS) is 16.9. The number of carboxylic acids is 1. The molecule has 0 saturated carbocycles. The third kappa shape index (κ3) is 11.3. The van der Waals surface area contributed by atoms with Gasteiger partial charge in [-0.2, -0.15) is 5.26 Å². The van der Waals surface area contributed by atoms with Crippen molar-refractivity contribution in [3.8, 4) is 6.07 Å². The van der Waals surface area contributed by atoms with Gasteiger partial charge in [0.15, 0.2) is 0 Å². The van der Waals surface area contributed by atoms with Crippen LogP contribution in [-0.4, -0.2) is 16.3 Å². The van der Waals surface area contributed by atoms with E-state index in [1.807, 2.05) is 66.4 Å². The molecule has 3 unspecified atom stereocenters. The Morgan fingerprint density at radius 3 is 1.73 bits per heavy atom. The molecule has 0 spiro atoms. The zero-order valence-corrected chi connectivity index (χ0v) is 42.0. The number of halogens is 2. The lowest BCUT2D eigenvalue weighted by Gasteiger charge is -2.32. The molecule has 0 aliphatic carbocycles. The Morgan fingerprint density at radius 2 is 1.20 bits per heavy atom. The molecule has 71 heavy (non-hydrogen) atoms. The summed E-state index contributed by atoms with van der Waals surface area (Å²) in [6.45, 7) is 4.44. The smallest absolute Gasteiger partial charge is 0.346 e. The Kier molecular flexibility index (Phi) is 16.1. The molecule has 2 heterocycles. The average Bonchev–Trinajstić information content (AvgIpc) is 4.01. The highest BCUT2D eigenvalue weighted by molar-refractivity contribution is 8.09. The van der Waals surface area contributed by atoms with Crippen molar-refractivity contribution in [2.75, 3.05) is 9.80 Å². The van der Waals surface area contributed by atoms with Crippen molar-refractivity contribution in [1.29, 1.82) is 5.26 Å². The molecule has 2 aliphatic rings. The Labute approximate surface area is 425 Å². The monoisotopic (exact) mass is 979 g/mol. The van der Waals surface area contributed by atoms with Gasteiger partial charge in [-0.25, -0.2) is 13.6 Å². The number of carboxylic acid groups (broad SMARTS) is 1. The number of aliphatic carboxylic acids is 1. The Balaban J connectivity index is 1.23. The standard InChI is InChI=1S/C62H59F2N3O2S2/c1-3-5-7-9-19-44-37-60(70-58(44)39-47(41-65)62(68)69)61-45(20-10-8-6-4-2)38-59(71-61)46-35-52(66(50-31-27-48(63)28-32-50)56-25-15-21-42-17-11-13-23-54(42)56)40-53(36-46)67(51-33-29-49(64)30-34-51)57-26-16-22-43-18-12-14-24-55(43)57/h11-18,21-37,39-40,44,58-59H,3-10,19-20,38H2,1-2H3,(H,68,69)/b47-39-. The number of rotatable bonds is 20. The van der Waals surface area contributed by atoms with Crippen LogP contribution < -0.4 is 9.80 Å². The van der Waals surface area contributed by atoms with E-state index < -0.39 is 5.97 Å². The number of benzene rings is 7. The van der Waals surface area contributed by atoms with Crippen molar-refractivity contribution in [3.05, 3.63) is 202 Å². The van der Waals surface area contributed by atoms with Gasteiger partial charge in [-0.15, -0.1) is 23.5 Å². The summed E-state index contributed by atoms with van der Waals surface area (Å²) in [5.74, 6) is -1.73. The Hall–Kier alpha value is -6.60. The number of unbranched alkanes of at least 4 members (excludes halogenated alkanes) is 6. The molecule has 9 rings (SSSR count). The van der Waals surface area contributed by atoms with Crippen molar-refractivity contribution >= 4 is 85.2 Å². The SMILES string of the molecule is CCCCCCC1=C(C2=CC(CCCCCC)C(/C=C(/C#N)C(=O)O)S2)SC(c2cc(N(c3ccc(F)cc3)c3cccc4ccccc34)cc(N(c3ccc(F)cc3)c3cccc4ccccc34)c2)C1. The van der Waals surface area contributed by atoms with Crippen LogP contribution in [0.4, 0.5) is 42.9 Å². The number of anilines is 6. The zero-order valence-electron chi connectivity index (χ0n) is 40.4. The number of fused-ring (bicyclic) bond motifs is 2. The minimum absolute atomic E-state index is 0.00262. The molecule has 3 atom stereocenters. The molecule has 0 radical (unpaired) electrons. The number of carbonyl (C=O) groups is 1. The first-order valence-electron chi connectivity index (χ1n) is 25.1. The van der Waals surface area contributed by atoms with E-state index in [1.54, 1.807) is 17.8 Å². The maximum absolute atomic E-state index is 14.9. The molecule has 0 amide bonds. The second-order valence-corrected chi connectivity index (χ2v) is 21.0. The topological polar surface area (TPSA) is 67.6 Å². The van der Waals surface area contributed by atoms with Gasteiger partial charge >= 0.3 is 5.97 Å². The second kappa shape index (κ2) is 23.1. The van der Waals surface area contributed by atoms with Crippen molar-refractivity contribution < 1.29 is 18.7 Å². The molecule has 0 aromatic heterocycles. The first-order chi connectivity index (χ1) is 34.7. The van der Waals surface area contributed by atoms with E-state index in [0.717, 1.165) is 125 Å². The minimum Gasteiger partial charge on any atom is -0.477 e. The summed E-state index contributed by atoms with van der Waals surface area (Å²) >= 11 is 3.59. The zero-order chi connectivity index (χ0) is 49.3. The largest absolute Gasteiger partial charge is 0.477 e. The fraction of sp³-hybridized carbons (Fsp3) is 0.258. The van der Waals surface area contributed by atoms with E-state index in [4.69, 9.17) is 0 Å². The van der Waals surface area contributed by atoms with Gasteiger partial charge < -0.3 is 14.9 Å². The molecule has 0 bridgehead atoms. The first kappa shape index (κ1) is 49.4. The number of allylic oxidation sites excluding steroid dienone is 2. The lowest BCUT2D eigenvalue weighted by molar-refractivity contribution is -0.132. The van der Waals surface area contributed by atoms with Gasteiger partial charge in [-0.05, 0) is 133 Å². The van der Waals surface area contributed by atoms with Gasteiger partial charge in [0.25, 0.3) is 0 Å². The lowest BCUT2D eigenvalue weighted by Crippen LogP contribution is -2.15. The number of hydrogen-bond acceptors (Lipinski definition) is 6. The van der Waals surface area contributed by atoms with Crippen LogP contribution in [0.15, 0.2) is 185 Å². The molecule has 0 fully saturated rings. The number of thioether (sulfide) groups is 2. The summed E-state index contributed by atoms with van der Waals surface area (Å²) < 4.78 is 29.7. The molecule has 360 valence electrons. The predicted octanol–water partition coefficient (Wildman–Crippen LogP) is 18.7. The Bertz CT molecular complexity index is 3000. The van der Waals surface area contributed by atoms with Crippen LogP contribution in [-0.2, 0) is 4.79 Å². The molecule has 9 heteroatoms. The van der Waals surface area contributed by atoms with Gasteiger partial charge in [0.05, 0.1) is 11.4 Å². The van der Waals surface area contributed by atoms with Crippen LogP contribution in [0.5, 0.6) is 0 Å². The van der Waals surface area contributed by atoms with Crippen molar-refractivity contribution in [3.63, 3.8) is 0 Å². The van der Waals surface area contributed by atoms with Crippen LogP contribution >= 0.6 is 23.5 Å². The summed E-state index contributed by atoms with van der Waals surface area (Å²) in [4.78, 5) is 19.1. The molecule has 0 saturated heterocycles. The van der Waals surface area contributed by atoms with E-state index in [2.05, 4.69) is 109 Å². The number of nitrogens with zero attached hydrogens (tertiary/aromatic N) is 3. The maximum Gasteiger partial charge on any atom is 0.346 e. The van der Waals surface area contributed by atoms with Crippen molar-refractivity contribution in [1.82, 2.24) is 0 Å². The summed E-state index contributed by atoms with van der Waals surface area (Å²) in [6, 6.07) is 51.3. The van der Waals surface area contributed by atoms with Crippen LogP contribution in [0.3, 0.4) is 0 Å². The van der Waals surface area contributed by atoms with E-state index >= 15 is 0 Å². The first-order valence-corrected chi connectivity index (χ1v) is 26.8. The molecule has 7 aromatic carbocycles. The summed E-state index contributed by atoms with van der Waals surface area (Å²) in [5.41, 5.74) is 7.57. The molecule has 2 aliphatic heterocycles. The fourth-order valence-corrected chi connectivity index (χ4v) is 13.2. The third-order valence-corrected chi connectivity index (χ3v) is 16.6. The fourth-order valence-electron chi connectivity index (χ4n) is 10.1. The highest BCUT2D eigenvalue weighted by Crippen LogP contribution is 2.58. The summed E-state index contributed by atoms with van der Waals surface area (Å²) in [5, 5.41) is 23.9. The van der Waals surface area contributed by atoms with E-state index in [1.165, 1.54) is 46.1 Å². The number of hydrogen-bond donors (Lipinski definition) is 1. The summed E-state index contributed by atoms with van der Waals surface area (Å²) in [7, 11) is 0. The molecule has 7 aromatic rings. The molecular formula is C62H59F2N3O2S2. The summed E-state index contributed by atoms with van der Waals surface area (Å²) in [6.07, 6.45) is 15.7. The highest BCUT2D eigenvalue weighted by atomic mass is 32.2. The second-order valence-electron chi connectivity index (χ2n) is 18.6.